The van der Waals surface area contributed by atoms with Crippen LogP contribution in [0.25, 0.3) is 0 Å². The molecule has 1 aliphatic heterocycles. The van der Waals surface area contributed by atoms with E-state index in [0.29, 0.717) is 18.4 Å². The molecule has 1 fully saturated rings. The van der Waals surface area contributed by atoms with Gasteiger partial charge in [-0.05, 0) is 32.9 Å². The lowest BCUT2D eigenvalue weighted by Crippen LogP contribution is -2.54. The Morgan fingerprint density at radius 3 is 2.79 bits per heavy atom. The van der Waals surface area contributed by atoms with Gasteiger partial charge in [0.15, 0.2) is 0 Å². The largest absolute Gasteiger partial charge is 0.426 e. The van der Waals surface area contributed by atoms with Crippen molar-refractivity contribution in [2.75, 3.05) is 19.7 Å². The third-order valence-corrected chi connectivity index (χ3v) is 4.86. The van der Waals surface area contributed by atoms with Crippen molar-refractivity contribution >= 4 is 11.6 Å². The maximum atomic E-state index is 6.34. The molecule has 1 saturated heterocycles. The average Bonchev–Trinajstić information content (AvgIpc) is 2.95. The Bertz CT molecular complexity index is 686. The van der Waals surface area contributed by atoms with Crippen LogP contribution in [0.15, 0.2) is 28.7 Å². The zero-order valence-electron chi connectivity index (χ0n) is 14.5. The van der Waals surface area contributed by atoms with E-state index >= 15 is 0 Å². The Morgan fingerprint density at radius 1 is 1.29 bits per heavy atom. The van der Waals surface area contributed by atoms with Crippen molar-refractivity contribution in [3.05, 3.63) is 46.6 Å². The molecular formula is C18H24ClN3O2. The summed E-state index contributed by atoms with van der Waals surface area (Å²) in [7, 11) is 0. The minimum absolute atomic E-state index is 0.00250. The summed E-state index contributed by atoms with van der Waals surface area (Å²) in [6, 6.07) is 7.92. The molecule has 0 saturated carbocycles. The number of rotatable bonds is 5. The number of ether oxygens (including phenoxy) is 1. The van der Waals surface area contributed by atoms with Gasteiger partial charge in [-0.1, -0.05) is 29.8 Å². The van der Waals surface area contributed by atoms with Crippen LogP contribution in [0.1, 0.15) is 43.7 Å². The van der Waals surface area contributed by atoms with Crippen LogP contribution in [-0.4, -0.2) is 40.3 Å². The molecule has 6 heteroatoms. The van der Waals surface area contributed by atoms with E-state index in [1.54, 1.807) is 0 Å². The summed E-state index contributed by atoms with van der Waals surface area (Å²) in [5.41, 5.74) is 1.06. The predicted molar refractivity (Wildman–Crippen MR) is 93.2 cm³/mol. The fourth-order valence-electron chi connectivity index (χ4n) is 3.07. The molecule has 5 nitrogen and oxygen atoms in total. The number of morpholine rings is 1. The smallest absolute Gasteiger partial charge is 0.216 e. The molecule has 2 heterocycles. The van der Waals surface area contributed by atoms with E-state index in [0.717, 1.165) is 36.5 Å². The molecule has 1 unspecified atom stereocenters. The van der Waals surface area contributed by atoms with Gasteiger partial charge < -0.3 is 9.15 Å². The highest BCUT2D eigenvalue weighted by molar-refractivity contribution is 6.31. The van der Waals surface area contributed by atoms with E-state index in [2.05, 4.69) is 28.9 Å². The predicted octanol–water partition coefficient (Wildman–Crippen LogP) is 3.82. The summed E-state index contributed by atoms with van der Waals surface area (Å²) in [5, 5.41) is 8.71. The number of halogens is 1. The lowest BCUT2D eigenvalue weighted by Gasteiger charge is -2.45. The third kappa shape index (κ3) is 3.97. The molecule has 0 bridgehead atoms. The van der Waals surface area contributed by atoms with Gasteiger partial charge >= 0.3 is 0 Å². The Labute approximate surface area is 148 Å². The maximum Gasteiger partial charge on any atom is 0.216 e. The Kier molecular flexibility index (Phi) is 5.23. The van der Waals surface area contributed by atoms with Crippen LogP contribution in [-0.2, 0) is 11.2 Å². The molecule has 24 heavy (non-hydrogen) atoms. The van der Waals surface area contributed by atoms with Gasteiger partial charge in [-0.3, -0.25) is 4.90 Å². The van der Waals surface area contributed by atoms with Crippen molar-refractivity contribution < 1.29 is 9.15 Å². The quantitative estimate of drug-likeness (QED) is 0.821. The molecule has 0 N–H and O–H groups in total. The lowest BCUT2D eigenvalue weighted by molar-refractivity contribution is -0.101. The van der Waals surface area contributed by atoms with E-state index in [-0.39, 0.29) is 11.6 Å². The number of nitrogens with zero attached hydrogens (tertiary/aromatic N) is 3. The van der Waals surface area contributed by atoms with E-state index in [1.165, 1.54) is 0 Å². The van der Waals surface area contributed by atoms with Crippen molar-refractivity contribution in [3.8, 4) is 0 Å². The van der Waals surface area contributed by atoms with Gasteiger partial charge in [-0.15, -0.1) is 10.2 Å². The summed E-state index contributed by atoms with van der Waals surface area (Å²) in [6.45, 7) is 8.72. The second kappa shape index (κ2) is 7.21. The highest BCUT2D eigenvalue weighted by Gasteiger charge is 2.35. The molecule has 0 aliphatic carbocycles. The first kappa shape index (κ1) is 17.4. The van der Waals surface area contributed by atoms with Crippen LogP contribution >= 0.6 is 11.6 Å². The summed E-state index contributed by atoms with van der Waals surface area (Å²) >= 11 is 6.34. The number of hydrogen-bond donors (Lipinski definition) is 0. The van der Waals surface area contributed by atoms with Crippen LogP contribution in [0.5, 0.6) is 0 Å². The van der Waals surface area contributed by atoms with Crippen molar-refractivity contribution in [2.45, 2.75) is 45.3 Å². The summed E-state index contributed by atoms with van der Waals surface area (Å²) in [6.07, 6.45) is 1.78. The summed E-state index contributed by atoms with van der Waals surface area (Å²) in [5.74, 6) is 1.33. The third-order valence-electron chi connectivity index (χ3n) is 4.52. The van der Waals surface area contributed by atoms with Gasteiger partial charge in [-0.25, -0.2) is 0 Å². The van der Waals surface area contributed by atoms with E-state index < -0.39 is 0 Å². The highest BCUT2D eigenvalue weighted by atomic mass is 35.5. The van der Waals surface area contributed by atoms with Gasteiger partial charge in [0, 0.05) is 36.0 Å². The normalized spacial score (nSPS) is 21.1. The SMILES string of the molecule is Cc1nnc(CCCN2CC(c3ccccc3Cl)OCC2(C)C)o1. The first-order valence-electron chi connectivity index (χ1n) is 8.36. The molecule has 0 spiro atoms. The molecule has 130 valence electrons. The highest BCUT2D eigenvalue weighted by Crippen LogP contribution is 2.33. The fraction of sp³-hybridized carbons (Fsp3) is 0.556. The molecule has 0 radical (unpaired) electrons. The van der Waals surface area contributed by atoms with Gasteiger partial charge in [0.1, 0.15) is 0 Å². The van der Waals surface area contributed by atoms with Crippen LogP contribution in [0.2, 0.25) is 5.02 Å². The number of hydrogen-bond acceptors (Lipinski definition) is 5. The molecule has 0 amide bonds. The summed E-state index contributed by atoms with van der Waals surface area (Å²) < 4.78 is 11.5. The van der Waals surface area contributed by atoms with Gasteiger partial charge in [-0.2, -0.15) is 0 Å². The van der Waals surface area contributed by atoms with Crippen LogP contribution in [0.4, 0.5) is 0 Å². The van der Waals surface area contributed by atoms with Crippen LogP contribution in [0, 0.1) is 6.92 Å². The van der Waals surface area contributed by atoms with Gasteiger partial charge in [0.05, 0.1) is 12.7 Å². The van der Waals surface area contributed by atoms with Crippen molar-refractivity contribution in [1.82, 2.24) is 15.1 Å². The first-order valence-corrected chi connectivity index (χ1v) is 8.73. The second-order valence-electron chi connectivity index (χ2n) is 6.90. The van der Waals surface area contributed by atoms with Crippen molar-refractivity contribution in [1.29, 1.82) is 0 Å². The standard InChI is InChI=1S/C18H24ClN3O2/c1-13-20-21-17(24-13)9-6-10-22-11-16(23-12-18(22,2)3)14-7-4-5-8-15(14)19/h4-5,7-8,16H,6,9-12H2,1-3H3. The number of aromatic nitrogens is 2. The fourth-order valence-corrected chi connectivity index (χ4v) is 3.33. The monoisotopic (exact) mass is 349 g/mol. The molecule has 1 aromatic carbocycles. The van der Waals surface area contributed by atoms with Gasteiger partial charge in [0.25, 0.3) is 0 Å². The zero-order valence-corrected chi connectivity index (χ0v) is 15.2. The topological polar surface area (TPSA) is 51.4 Å². The van der Waals surface area contributed by atoms with E-state index in [4.69, 9.17) is 20.8 Å². The van der Waals surface area contributed by atoms with Crippen molar-refractivity contribution in [3.63, 3.8) is 0 Å². The van der Waals surface area contributed by atoms with Crippen molar-refractivity contribution in [2.24, 2.45) is 0 Å². The van der Waals surface area contributed by atoms with E-state index in [9.17, 15) is 0 Å². The number of benzene rings is 1. The van der Waals surface area contributed by atoms with E-state index in [1.807, 2.05) is 31.2 Å². The minimum atomic E-state index is 0.00250. The van der Waals surface area contributed by atoms with Gasteiger partial charge in [0.2, 0.25) is 11.8 Å². The molecule has 1 aromatic heterocycles. The summed E-state index contributed by atoms with van der Waals surface area (Å²) in [4.78, 5) is 2.47. The molecule has 1 aliphatic rings. The lowest BCUT2D eigenvalue weighted by atomic mass is 9.97. The molecule has 3 rings (SSSR count). The Morgan fingerprint density at radius 2 is 2.08 bits per heavy atom. The molecule has 1 atom stereocenters. The minimum Gasteiger partial charge on any atom is -0.426 e. The second-order valence-corrected chi connectivity index (χ2v) is 7.31. The van der Waals surface area contributed by atoms with Crippen LogP contribution in [0.3, 0.4) is 0 Å². The Hall–Kier alpha value is -1.43. The van der Waals surface area contributed by atoms with Crippen LogP contribution < -0.4 is 0 Å². The number of aryl methyl sites for hydroxylation is 2. The zero-order chi connectivity index (χ0) is 17.2. The molecular weight excluding hydrogens is 326 g/mol. The molecule has 2 aromatic rings. The maximum absolute atomic E-state index is 6.34. The first-order chi connectivity index (χ1) is 11.5. The Balaban J connectivity index is 1.62. The average molecular weight is 350 g/mol.